The highest BCUT2D eigenvalue weighted by Gasteiger charge is 1.60. The second-order valence-electron chi connectivity index (χ2n) is 0.292. The fourth-order valence-corrected chi connectivity index (χ4v) is 0. The molecule has 26 valence electrons. The summed E-state index contributed by atoms with van der Waals surface area (Å²) in [5.74, 6) is -0.368. The maximum absolute atomic E-state index is 8.03. The van der Waals surface area contributed by atoms with Gasteiger partial charge in [-0.25, -0.2) is 0 Å². The molecule has 0 saturated heterocycles. The van der Waals surface area contributed by atoms with Gasteiger partial charge in [0.15, 0.2) is 0 Å². The van der Waals surface area contributed by atoms with Crippen molar-refractivity contribution in [2.24, 2.45) is 0 Å². The van der Waals surface area contributed by atoms with E-state index in [1.54, 1.807) is 0 Å². The van der Waals surface area contributed by atoms with Crippen LogP contribution >= 0.6 is 11.6 Å². The number of aliphatic hydroxyl groups is 1. The molecular formula is C2H5ClO. The molecule has 0 amide bonds. The summed E-state index contributed by atoms with van der Waals surface area (Å²) in [5.41, 5.74) is 0. The standard InChI is InChI=1S/C2H5ClO/c3-1-2-4/h4H,1-2H2/i2D2. The van der Waals surface area contributed by atoms with Gasteiger partial charge in [0.05, 0.1) is 9.30 Å². The molecule has 0 aromatic heterocycles. The monoisotopic (exact) mass is 82.0 g/mol. The van der Waals surface area contributed by atoms with E-state index >= 15 is 0 Å². The molecule has 0 fully saturated rings. The molecule has 0 heterocycles. The predicted molar refractivity (Wildman–Crippen MR) is 17.8 cm³/mol. The van der Waals surface area contributed by atoms with Crippen molar-refractivity contribution in [2.45, 2.75) is 0 Å². The molecule has 0 unspecified atom stereocenters. The van der Waals surface area contributed by atoms with Gasteiger partial charge in [0.2, 0.25) is 0 Å². The lowest BCUT2D eigenvalue weighted by Gasteiger charge is -1.67. The minimum atomic E-state index is -2.19. The van der Waals surface area contributed by atoms with Gasteiger partial charge in [-0.3, -0.25) is 0 Å². The van der Waals surface area contributed by atoms with Gasteiger partial charge in [0.1, 0.15) is 0 Å². The number of hydrogen-bond acceptors (Lipinski definition) is 1. The van der Waals surface area contributed by atoms with E-state index in [0.717, 1.165) is 0 Å². The van der Waals surface area contributed by atoms with E-state index in [-0.39, 0.29) is 5.88 Å². The van der Waals surface area contributed by atoms with Crippen molar-refractivity contribution in [1.29, 1.82) is 0 Å². The molecule has 4 heavy (non-hydrogen) atoms. The largest absolute Gasteiger partial charge is 0.395 e. The van der Waals surface area contributed by atoms with Crippen LogP contribution in [0, 0.1) is 0 Å². The molecule has 0 rings (SSSR count). The first-order valence-electron chi connectivity index (χ1n) is 1.84. The third-order valence-electron chi connectivity index (χ3n) is 0.0598. The molecule has 0 bridgehead atoms. The predicted octanol–water partition coefficient (Wildman–Crippen LogP) is 0.218. The second kappa shape index (κ2) is 3.25. The van der Waals surface area contributed by atoms with Crippen LogP contribution < -0.4 is 0 Å². The van der Waals surface area contributed by atoms with E-state index in [0.29, 0.717) is 0 Å². The first kappa shape index (κ1) is 1.63. The van der Waals surface area contributed by atoms with Crippen LogP contribution in [0.1, 0.15) is 2.74 Å². The fraction of sp³-hybridized carbons (Fsp3) is 1.00. The van der Waals surface area contributed by atoms with E-state index in [9.17, 15) is 0 Å². The third kappa shape index (κ3) is 2.25. The normalized spacial score (nSPS) is 18.5. The van der Waals surface area contributed by atoms with Crippen LogP contribution in [0.4, 0.5) is 0 Å². The highest BCUT2D eigenvalue weighted by Crippen LogP contribution is 1.63. The summed E-state index contributed by atoms with van der Waals surface area (Å²) >= 11 is 4.85. The number of hydrogen-bond donors (Lipinski definition) is 1. The van der Waals surface area contributed by atoms with Gasteiger partial charge in [-0.05, 0) is 0 Å². The zero-order chi connectivity index (χ0) is 5.21. The summed E-state index contributed by atoms with van der Waals surface area (Å²) in [5, 5.41) is 8.03. The zero-order valence-corrected chi connectivity index (χ0v) is 2.79. The van der Waals surface area contributed by atoms with Crippen molar-refractivity contribution >= 4 is 11.6 Å². The molecule has 0 aromatic carbocycles. The molecule has 0 spiro atoms. The van der Waals surface area contributed by atoms with Gasteiger partial charge in [0, 0.05) is 5.88 Å². The minimum absolute atomic E-state index is 0.368. The quantitative estimate of drug-likeness (QED) is 0.449. The maximum Gasteiger partial charge on any atom is 0.0576 e. The van der Waals surface area contributed by atoms with Gasteiger partial charge in [-0.1, -0.05) is 0 Å². The van der Waals surface area contributed by atoms with Crippen molar-refractivity contribution in [2.75, 3.05) is 12.4 Å². The van der Waals surface area contributed by atoms with Gasteiger partial charge in [-0.2, -0.15) is 0 Å². The molecule has 1 nitrogen and oxygen atoms in total. The molecule has 0 aromatic rings. The van der Waals surface area contributed by atoms with Gasteiger partial charge < -0.3 is 5.11 Å². The minimum Gasteiger partial charge on any atom is -0.395 e. The van der Waals surface area contributed by atoms with E-state index in [2.05, 4.69) is 0 Å². The Kier molecular flexibility index (Phi) is 1.32. The van der Waals surface area contributed by atoms with Gasteiger partial charge in [-0.15, -0.1) is 11.6 Å². The van der Waals surface area contributed by atoms with Crippen LogP contribution in [0.3, 0.4) is 0 Å². The summed E-state index contributed by atoms with van der Waals surface area (Å²) in [7, 11) is 0. The van der Waals surface area contributed by atoms with Crippen molar-refractivity contribution in [3.8, 4) is 0 Å². The Morgan fingerprint density at radius 2 is 2.50 bits per heavy atom. The summed E-state index contributed by atoms with van der Waals surface area (Å²) < 4.78 is 12.5. The molecule has 0 radical (unpaired) electrons. The Hall–Kier alpha value is 0.250. The second-order valence-corrected chi connectivity index (χ2v) is 0.559. The molecule has 0 atom stereocenters. The highest BCUT2D eigenvalue weighted by molar-refractivity contribution is 6.17. The number of halogens is 1. The summed E-state index contributed by atoms with van der Waals surface area (Å²) in [6.07, 6.45) is 0. The Balaban J connectivity index is 3.17. The molecular weight excluding hydrogens is 75.5 g/mol. The highest BCUT2D eigenvalue weighted by atomic mass is 35.5. The van der Waals surface area contributed by atoms with Gasteiger partial charge in [0.25, 0.3) is 0 Å². The van der Waals surface area contributed by atoms with E-state index in [4.69, 9.17) is 19.4 Å². The Bertz CT molecular complexity index is 41.3. The number of alkyl halides is 1. The van der Waals surface area contributed by atoms with Crippen LogP contribution in [0.25, 0.3) is 0 Å². The first-order chi connectivity index (χ1) is 2.56. The molecule has 0 aliphatic heterocycles. The Morgan fingerprint density at radius 3 is 2.50 bits per heavy atom. The molecule has 0 aliphatic carbocycles. The van der Waals surface area contributed by atoms with Crippen LogP contribution in [0.5, 0.6) is 0 Å². The van der Waals surface area contributed by atoms with Gasteiger partial charge >= 0.3 is 0 Å². The zero-order valence-electron chi connectivity index (χ0n) is 4.03. The SMILES string of the molecule is [2H]C([2H])(O)CCl. The average Bonchev–Trinajstić information content (AvgIpc) is 1.35. The molecule has 0 saturated carbocycles. The fourth-order valence-electron chi connectivity index (χ4n) is 0. The Morgan fingerprint density at radius 1 is 2.25 bits per heavy atom. The molecule has 2 heteroatoms. The lowest BCUT2D eigenvalue weighted by molar-refractivity contribution is 0.321. The lowest BCUT2D eigenvalue weighted by Crippen LogP contribution is -1.76. The summed E-state index contributed by atoms with van der Waals surface area (Å²) in [4.78, 5) is 0. The van der Waals surface area contributed by atoms with Crippen molar-refractivity contribution in [1.82, 2.24) is 0 Å². The van der Waals surface area contributed by atoms with Crippen LogP contribution in [0.2, 0.25) is 0 Å². The summed E-state index contributed by atoms with van der Waals surface area (Å²) in [6, 6.07) is 0. The summed E-state index contributed by atoms with van der Waals surface area (Å²) in [6.45, 7) is -2.19. The van der Waals surface area contributed by atoms with Crippen molar-refractivity contribution in [3.63, 3.8) is 0 Å². The Labute approximate surface area is 33.0 Å². The first-order valence-corrected chi connectivity index (χ1v) is 1.38. The van der Waals surface area contributed by atoms with E-state index < -0.39 is 6.56 Å². The van der Waals surface area contributed by atoms with Crippen LogP contribution in [-0.2, 0) is 0 Å². The van der Waals surface area contributed by atoms with Crippen molar-refractivity contribution in [3.05, 3.63) is 0 Å². The van der Waals surface area contributed by atoms with Crippen LogP contribution in [0.15, 0.2) is 0 Å². The lowest BCUT2D eigenvalue weighted by atomic mass is 10.9. The maximum atomic E-state index is 8.03. The topological polar surface area (TPSA) is 20.2 Å². The number of rotatable bonds is 1. The average molecular weight is 82.5 g/mol. The van der Waals surface area contributed by atoms with E-state index in [1.807, 2.05) is 0 Å². The van der Waals surface area contributed by atoms with Crippen molar-refractivity contribution < 1.29 is 7.85 Å². The molecule has 1 N–H and O–H groups in total. The van der Waals surface area contributed by atoms with E-state index in [1.165, 1.54) is 0 Å². The smallest absolute Gasteiger partial charge is 0.0576 e. The third-order valence-corrected chi connectivity index (χ3v) is 0.179. The molecule has 0 aliphatic rings. The van der Waals surface area contributed by atoms with Crippen LogP contribution in [-0.4, -0.2) is 17.5 Å².